The highest BCUT2D eigenvalue weighted by Crippen LogP contribution is 2.18. The first kappa shape index (κ1) is 12.8. The Labute approximate surface area is 108 Å². The van der Waals surface area contributed by atoms with E-state index in [0.29, 0.717) is 11.3 Å². The SMILES string of the molecule is CC(Cc1ccccc1)S(=O)(=O)c1ccccc1. The van der Waals surface area contributed by atoms with Gasteiger partial charge in [-0.2, -0.15) is 0 Å². The third kappa shape index (κ3) is 2.79. The molecule has 0 fully saturated rings. The number of sulfone groups is 1. The monoisotopic (exact) mass is 260 g/mol. The third-order valence-corrected chi connectivity index (χ3v) is 5.12. The van der Waals surface area contributed by atoms with Gasteiger partial charge in [0.25, 0.3) is 0 Å². The van der Waals surface area contributed by atoms with Crippen molar-refractivity contribution in [2.24, 2.45) is 0 Å². The van der Waals surface area contributed by atoms with E-state index in [2.05, 4.69) is 0 Å². The molecule has 0 spiro atoms. The Morgan fingerprint density at radius 1 is 0.889 bits per heavy atom. The molecule has 18 heavy (non-hydrogen) atoms. The Morgan fingerprint density at radius 2 is 1.39 bits per heavy atom. The summed E-state index contributed by atoms with van der Waals surface area (Å²) < 4.78 is 24.7. The van der Waals surface area contributed by atoms with E-state index < -0.39 is 15.1 Å². The van der Waals surface area contributed by atoms with Gasteiger partial charge in [0.15, 0.2) is 9.84 Å². The Hall–Kier alpha value is -1.61. The fourth-order valence-corrected chi connectivity index (χ4v) is 3.31. The molecule has 0 aromatic heterocycles. The van der Waals surface area contributed by atoms with Crippen molar-refractivity contribution < 1.29 is 8.42 Å². The van der Waals surface area contributed by atoms with Crippen molar-refractivity contribution in [3.05, 3.63) is 66.2 Å². The van der Waals surface area contributed by atoms with Crippen LogP contribution in [0.25, 0.3) is 0 Å². The predicted octanol–water partition coefficient (Wildman–Crippen LogP) is 3.09. The maximum absolute atomic E-state index is 12.3. The molecule has 0 saturated heterocycles. The summed E-state index contributed by atoms with van der Waals surface area (Å²) in [5.41, 5.74) is 1.05. The van der Waals surface area contributed by atoms with Crippen LogP contribution in [0.3, 0.4) is 0 Å². The first-order valence-electron chi connectivity index (χ1n) is 5.93. The maximum Gasteiger partial charge on any atom is 0.181 e. The lowest BCUT2D eigenvalue weighted by Crippen LogP contribution is -2.20. The van der Waals surface area contributed by atoms with E-state index in [1.807, 2.05) is 36.4 Å². The van der Waals surface area contributed by atoms with Crippen LogP contribution >= 0.6 is 0 Å². The summed E-state index contributed by atoms with van der Waals surface area (Å²) in [5, 5.41) is -0.415. The van der Waals surface area contributed by atoms with Gasteiger partial charge in [0, 0.05) is 0 Å². The minimum absolute atomic E-state index is 0.397. The molecule has 0 heterocycles. The molecule has 1 atom stereocenters. The van der Waals surface area contributed by atoms with Crippen LogP contribution in [0.15, 0.2) is 65.6 Å². The number of hydrogen-bond donors (Lipinski definition) is 0. The Kier molecular flexibility index (Phi) is 3.82. The highest BCUT2D eigenvalue weighted by atomic mass is 32.2. The fourth-order valence-electron chi connectivity index (χ4n) is 1.90. The minimum atomic E-state index is -3.24. The molecule has 94 valence electrons. The normalized spacial score (nSPS) is 13.2. The third-order valence-electron chi connectivity index (χ3n) is 2.97. The molecule has 0 aliphatic heterocycles. The largest absolute Gasteiger partial charge is 0.223 e. The highest BCUT2D eigenvalue weighted by Gasteiger charge is 2.22. The van der Waals surface area contributed by atoms with Crippen LogP contribution in [0.1, 0.15) is 12.5 Å². The smallest absolute Gasteiger partial charge is 0.181 e. The van der Waals surface area contributed by atoms with E-state index in [9.17, 15) is 8.42 Å². The van der Waals surface area contributed by atoms with Gasteiger partial charge in [-0.3, -0.25) is 0 Å². The summed E-state index contributed by atoms with van der Waals surface area (Å²) in [5.74, 6) is 0. The predicted molar refractivity (Wildman–Crippen MR) is 73.2 cm³/mol. The summed E-state index contributed by atoms with van der Waals surface area (Å²) in [6.07, 6.45) is 0.540. The van der Waals surface area contributed by atoms with Gasteiger partial charge in [0.1, 0.15) is 0 Å². The minimum Gasteiger partial charge on any atom is -0.223 e. The Bertz CT molecular complexity index is 589. The van der Waals surface area contributed by atoms with Gasteiger partial charge in [0.05, 0.1) is 10.1 Å². The van der Waals surface area contributed by atoms with E-state index in [4.69, 9.17) is 0 Å². The second-order valence-electron chi connectivity index (χ2n) is 4.36. The molecule has 0 amide bonds. The molecule has 0 radical (unpaired) electrons. The Morgan fingerprint density at radius 3 is 1.94 bits per heavy atom. The topological polar surface area (TPSA) is 34.1 Å². The van der Waals surface area contributed by atoms with Crippen molar-refractivity contribution in [3.8, 4) is 0 Å². The van der Waals surface area contributed by atoms with E-state index in [1.54, 1.807) is 31.2 Å². The lowest BCUT2D eigenvalue weighted by Gasteiger charge is -2.13. The molecule has 2 rings (SSSR count). The standard InChI is InChI=1S/C15H16O2S/c1-13(12-14-8-4-2-5-9-14)18(16,17)15-10-6-3-7-11-15/h2-11,13H,12H2,1H3. The molecule has 1 unspecified atom stereocenters. The van der Waals surface area contributed by atoms with Crippen LogP contribution in [0.2, 0.25) is 0 Å². The second kappa shape index (κ2) is 5.36. The molecule has 0 saturated carbocycles. The average molecular weight is 260 g/mol. The van der Waals surface area contributed by atoms with Crippen LogP contribution in [0.5, 0.6) is 0 Å². The zero-order valence-electron chi connectivity index (χ0n) is 10.3. The first-order chi connectivity index (χ1) is 8.60. The van der Waals surface area contributed by atoms with Crippen molar-refractivity contribution >= 4 is 9.84 Å². The lowest BCUT2D eigenvalue weighted by molar-refractivity contribution is 0.582. The van der Waals surface area contributed by atoms with E-state index in [-0.39, 0.29) is 0 Å². The molecule has 2 aromatic rings. The van der Waals surface area contributed by atoms with Crippen LogP contribution in [0.4, 0.5) is 0 Å². The molecule has 3 heteroatoms. The number of benzene rings is 2. The number of hydrogen-bond acceptors (Lipinski definition) is 2. The van der Waals surface area contributed by atoms with E-state index in [1.165, 1.54) is 0 Å². The zero-order valence-corrected chi connectivity index (χ0v) is 11.1. The van der Waals surface area contributed by atoms with Crippen molar-refractivity contribution in [1.29, 1.82) is 0 Å². The quantitative estimate of drug-likeness (QED) is 0.846. The molecule has 0 N–H and O–H groups in total. The molecular weight excluding hydrogens is 244 g/mol. The second-order valence-corrected chi connectivity index (χ2v) is 6.72. The summed E-state index contributed by atoms with van der Waals surface area (Å²) >= 11 is 0. The molecular formula is C15H16O2S. The molecule has 2 aromatic carbocycles. The Balaban J connectivity index is 2.21. The van der Waals surface area contributed by atoms with Crippen molar-refractivity contribution in [2.45, 2.75) is 23.5 Å². The van der Waals surface area contributed by atoms with Gasteiger partial charge < -0.3 is 0 Å². The summed E-state index contributed by atoms with van der Waals surface area (Å²) in [4.78, 5) is 0.397. The van der Waals surface area contributed by atoms with Gasteiger partial charge in [-0.1, -0.05) is 48.5 Å². The van der Waals surface area contributed by atoms with Gasteiger partial charge in [0.2, 0.25) is 0 Å². The fraction of sp³-hybridized carbons (Fsp3) is 0.200. The molecule has 0 bridgehead atoms. The first-order valence-corrected chi connectivity index (χ1v) is 7.48. The van der Waals surface area contributed by atoms with Gasteiger partial charge in [-0.15, -0.1) is 0 Å². The van der Waals surface area contributed by atoms with Gasteiger partial charge in [-0.05, 0) is 31.0 Å². The van der Waals surface area contributed by atoms with Crippen molar-refractivity contribution in [1.82, 2.24) is 0 Å². The van der Waals surface area contributed by atoms with Crippen LogP contribution in [0, 0.1) is 0 Å². The van der Waals surface area contributed by atoms with E-state index in [0.717, 1.165) is 5.56 Å². The van der Waals surface area contributed by atoms with Crippen molar-refractivity contribution in [3.63, 3.8) is 0 Å². The molecule has 2 nitrogen and oxygen atoms in total. The molecule has 0 aliphatic carbocycles. The molecule has 0 aliphatic rings. The maximum atomic E-state index is 12.3. The highest BCUT2D eigenvalue weighted by molar-refractivity contribution is 7.92. The number of rotatable bonds is 4. The summed E-state index contributed by atoms with van der Waals surface area (Å²) in [7, 11) is -3.24. The summed E-state index contributed by atoms with van der Waals surface area (Å²) in [6, 6.07) is 18.3. The van der Waals surface area contributed by atoms with E-state index >= 15 is 0 Å². The summed E-state index contributed by atoms with van der Waals surface area (Å²) in [6.45, 7) is 1.76. The van der Waals surface area contributed by atoms with Gasteiger partial charge in [-0.25, -0.2) is 8.42 Å². The van der Waals surface area contributed by atoms with Crippen molar-refractivity contribution in [2.75, 3.05) is 0 Å². The zero-order chi connectivity index (χ0) is 13.0. The average Bonchev–Trinajstić information content (AvgIpc) is 2.41. The van der Waals surface area contributed by atoms with Crippen LogP contribution in [-0.4, -0.2) is 13.7 Å². The lowest BCUT2D eigenvalue weighted by atomic mass is 10.1. The van der Waals surface area contributed by atoms with Gasteiger partial charge >= 0.3 is 0 Å². The van der Waals surface area contributed by atoms with Crippen LogP contribution in [-0.2, 0) is 16.3 Å². The van der Waals surface area contributed by atoms with Crippen LogP contribution < -0.4 is 0 Å².